The number of methoxy groups -OCH3 is 1. The van der Waals surface area contributed by atoms with Gasteiger partial charge in [0.15, 0.2) is 0 Å². The molecule has 0 radical (unpaired) electrons. The summed E-state index contributed by atoms with van der Waals surface area (Å²) >= 11 is 7.71. The second-order valence-electron chi connectivity index (χ2n) is 4.70. The molecule has 0 saturated heterocycles. The van der Waals surface area contributed by atoms with Crippen molar-refractivity contribution in [3.8, 4) is 0 Å². The van der Waals surface area contributed by atoms with Gasteiger partial charge in [-0.15, -0.1) is 11.8 Å². The fourth-order valence-corrected chi connectivity index (χ4v) is 2.86. The lowest BCUT2D eigenvalue weighted by molar-refractivity contribution is 0.218. The summed E-state index contributed by atoms with van der Waals surface area (Å²) in [6.07, 6.45) is 1.51. The van der Waals surface area contributed by atoms with E-state index in [1.807, 2.05) is 6.92 Å². The molecule has 22 heavy (non-hydrogen) atoms. The van der Waals surface area contributed by atoms with E-state index in [4.69, 9.17) is 16.3 Å². The first kappa shape index (κ1) is 16.9. The van der Waals surface area contributed by atoms with Gasteiger partial charge in [0.25, 0.3) is 5.56 Å². The molecule has 0 fully saturated rings. The standard InChI is InChI=1S/C15H18ClN3O2S/c1-10(18-13-9-17-19-15(20)14(13)16)11-3-5-12(6-4-11)22-8-7-21-2/h3-6,9-10H,7-8H2,1-2H3,(H2,18,19,20). The molecule has 1 unspecified atom stereocenters. The second-order valence-corrected chi connectivity index (χ2v) is 6.25. The smallest absolute Gasteiger partial charge is 0.285 e. The lowest BCUT2D eigenvalue weighted by atomic mass is 10.1. The molecule has 2 N–H and O–H groups in total. The first-order valence-corrected chi connectivity index (χ1v) is 8.19. The van der Waals surface area contributed by atoms with Gasteiger partial charge < -0.3 is 10.1 Å². The lowest BCUT2D eigenvalue weighted by Crippen LogP contribution is -2.14. The molecular formula is C15H18ClN3O2S. The van der Waals surface area contributed by atoms with Crippen LogP contribution in [0.3, 0.4) is 0 Å². The van der Waals surface area contributed by atoms with Crippen LogP contribution in [0, 0.1) is 0 Å². The summed E-state index contributed by atoms with van der Waals surface area (Å²) in [5.74, 6) is 0.928. The summed E-state index contributed by atoms with van der Waals surface area (Å²) in [5, 5.41) is 9.36. The molecule has 118 valence electrons. The van der Waals surface area contributed by atoms with Crippen molar-refractivity contribution in [3.63, 3.8) is 0 Å². The van der Waals surface area contributed by atoms with Crippen LogP contribution < -0.4 is 10.9 Å². The predicted octanol–water partition coefficient (Wildman–Crippen LogP) is 3.33. The molecule has 1 atom stereocenters. The second kappa shape index (κ2) is 8.22. The Morgan fingerprint density at radius 1 is 1.41 bits per heavy atom. The summed E-state index contributed by atoms with van der Waals surface area (Å²) in [4.78, 5) is 12.6. The number of thioether (sulfide) groups is 1. The normalized spacial score (nSPS) is 12.1. The van der Waals surface area contributed by atoms with E-state index >= 15 is 0 Å². The third kappa shape index (κ3) is 4.50. The van der Waals surface area contributed by atoms with Gasteiger partial charge in [0.1, 0.15) is 5.02 Å². The Kier molecular flexibility index (Phi) is 6.30. The zero-order valence-electron chi connectivity index (χ0n) is 12.4. The highest BCUT2D eigenvalue weighted by Crippen LogP contribution is 2.25. The van der Waals surface area contributed by atoms with Crippen molar-refractivity contribution in [2.24, 2.45) is 0 Å². The van der Waals surface area contributed by atoms with Gasteiger partial charge in [-0.3, -0.25) is 4.79 Å². The highest BCUT2D eigenvalue weighted by molar-refractivity contribution is 7.99. The molecule has 0 aliphatic carbocycles. The van der Waals surface area contributed by atoms with E-state index < -0.39 is 5.56 Å². The Morgan fingerprint density at radius 3 is 2.82 bits per heavy atom. The van der Waals surface area contributed by atoms with E-state index in [0.29, 0.717) is 5.69 Å². The van der Waals surface area contributed by atoms with Gasteiger partial charge in [-0.2, -0.15) is 5.10 Å². The van der Waals surface area contributed by atoms with E-state index in [-0.39, 0.29) is 11.1 Å². The summed E-state index contributed by atoms with van der Waals surface area (Å²) in [6, 6.07) is 8.28. The van der Waals surface area contributed by atoms with E-state index in [2.05, 4.69) is 39.8 Å². The van der Waals surface area contributed by atoms with Gasteiger partial charge in [-0.1, -0.05) is 23.7 Å². The highest BCUT2D eigenvalue weighted by atomic mass is 35.5. The van der Waals surface area contributed by atoms with Crippen LogP contribution in [0.5, 0.6) is 0 Å². The molecule has 5 nitrogen and oxygen atoms in total. The predicted molar refractivity (Wildman–Crippen MR) is 90.9 cm³/mol. The van der Waals surface area contributed by atoms with E-state index in [9.17, 15) is 4.79 Å². The number of hydrogen-bond acceptors (Lipinski definition) is 5. The third-order valence-corrected chi connectivity index (χ3v) is 4.46. The number of benzene rings is 1. The van der Waals surface area contributed by atoms with Gasteiger partial charge in [0.05, 0.1) is 18.5 Å². The highest BCUT2D eigenvalue weighted by Gasteiger charge is 2.10. The maximum absolute atomic E-state index is 11.4. The van der Waals surface area contributed by atoms with Crippen LogP contribution in [0.2, 0.25) is 5.02 Å². The monoisotopic (exact) mass is 339 g/mol. The summed E-state index contributed by atoms with van der Waals surface area (Å²) < 4.78 is 5.04. The topological polar surface area (TPSA) is 67.0 Å². The van der Waals surface area contributed by atoms with E-state index in [1.54, 1.807) is 18.9 Å². The van der Waals surface area contributed by atoms with Crippen molar-refractivity contribution in [2.75, 3.05) is 24.8 Å². The van der Waals surface area contributed by atoms with Crippen molar-refractivity contribution in [2.45, 2.75) is 17.9 Å². The molecule has 2 aromatic rings. The van der Waals surface area contributed by atoms with Crippen LogP contribution in [0.4, 0.5) is 5.69 Å². The van der Waals surface area contributed by atoms with Gasteiger partial charge in [0, 0.05) is 23.8 Å². The van der Waals surface area contributed by atoms with Crippen LogP contribution >= 0.6 is 23.4 Å². The number of hydrogen-bond donors (Lipinski definition) is 2. The molecule has 0 saturated carbocycles. The first-order chi connectivity index (χ1) is 10.6. The van der Waals surface area contributed by atoms with Crippen LogP contribution in [0.25, 0.3) is 0 Å². The molecule has 0 bridgehead atoms. The van der Waals surface area contributed by atoms with Crippen LogP contribution in [-0.4, -0.2) is 29.7 Å². The van der Waals surface area contributed by atoms with Gasteiger partial charge >= 0.3 is 0 Å². The molecule has 0 aliphatic rings. The number of rotatable bonds is 7. The zero-order valence-corrected chi connectivity index (χ0v) is 14.0. The Morgan fingerprint density at radius 2 is 2.14 bits per heavy atom. The van der Waals surface area contributed by atoms with Crippen LogP contribution in [0.1, 0.15) is 18.5 Å². The summed E-state index contributed by atoms with van der Waals surface area (Å²) in [6.45, 7) is 2.74. The largest absolute Gasteiger partial charge is 0.384 e. The Bertz CT molecular complexity index is 661. The van der Waals surface area contributed by atoms with Gasteiger partial charge in [-0.05, 0) is 24.6 Å². The number of aromatic nitrogens is 2. The number of aromatic amines is 1. The van der Waals surface area contributed by atoms with Crippen molar-refractivity contribution >= 4 is 29.1 Å². The maximum atomic E-state index is 11.4. The summed E-state index contributed by atoms with van der Waals surface area (Å²) in [5.41, 5.74) is 1.23. The Hall–Kier alpha value is -1.50. The Balaban J connectivity index is 2.02. The number of halogens is 1. The minimum absolute atomic E-state index is 0.0131. The number of anilines is 1. The number of nitrogens with zero attached hydrogens (tertiary/aromatic N) is 1. The summed E-state index contributed by atoms with van der Waals surface area (Å²) in [7, 11) is 1.70. The first-order valence-electron chi connectivity index (χ1n) is 6.83. The average molecular weight is 340 g/mol. The van der Waals surface area contributed by atoms with Crippen LogP contribution in [-0.2, 0) is 4.74 Å². The van der Waals surface area contributed by atoms with E-state index in [0.717, 1.165) is 17.9 Å². The Labute approximate surface area is 138 Å². The molecule has 0 amide bonds. The van der Waals surface area contributed by atoms with Gasteiger partial charge in [0.2, 0.25) is 0 Å². The molecule has 0 spiro atoms. The van der Waals surface area contributed by atoms with Crippen LogP contribution in [0.15, 0.2) is 40.2 Å². The number of H-pyrrole nitrogens is 1. The molecule has 2 rings (SSSR count). The molecule has 7 heteroatoms. The SMILES string of the molecule is COCCSc1ccc(C(C)Nc2cn[nH]c(=O)c2Cl)cc1. The fourth-order valence-electron chi connectivity index (χ4n) is 1.90. The van der Waals surface area contributed by atoms with Gasteiger partial charge in [-0.25, -0.2) is 5.10 Å². The minimum Gasteiger partial charge on any atom is -0.384 e. The fraction of sp³-hybridized carbons (Fsp3) is 0.333. The van der Waals surface area contributed by atoms with Crippen molar-refractivity contribution in [1.82, 2.24) is 10.2 Å². The molecule has 1 aromatic carbocycles. The van der Waals surface area contributed by atoms with E-state index in [1.165, 1.54) is 11.1 Å². The quantitative estimate of drug-likeness (QED) is 0.598. The number of nitrogens with one attached hydrogen (secondary N) is 2. The maximum Gasteiger partial charge on any atom is 0.285 e. The molecule has 1 heterocycles. The third-order valence-electron chi connectivity index (χ3n) is 3.10. The minimum atomic E-state index is -0.399. The zero-order chi connectivity index (χ0) is 15.9. The van der Waals surface area contributed by atoms with Crippen molar-refractivity contribution < 1.29 is 4.74 Å². The molecular weight excluding hydrogens is 322 g/mol. The average Bonchev–Trinajstić information content (AvgIpc) is 2.53. The van der Waals surface area contributed by atoms with Crippen molar-refractivity contribution in [1.29, 1.82) is 0 Å². The number of ether oxygens (including phenoxy) is 1. The molecule has 0 aliphatic heterocycles. The lowest BCUT2D eigenvalue weighted by Gasteiger charge is -2.16. The van der Waals surface area contributed by atoms with Crippen molar-refractivity contribution in [3.05, 3.63) is 51.4 Å². The molecule has 1 aromatic heterocycles.